The second-order valence-electron chi connectivity index (χ2n) is 0.823. The van der Waals surface area contributed by atoms with Gasteiger partial charge in [0, 0.05) is 0 Å². The summed E-state index contributed by atoms with van der Waals surface area (Å²) in [6.45, 7) is 0. The van der Waals surface area contributed by atoms with Gasteiger partial charge in [-0.15, -0.1) is 0 Å². The lowest BCUT2D eigenvalue weighted by atomic mass is 10.7. The van der Waals surface area contributed by atoms with Gasteiger partial charge in [-0.05, 0) is 56.1 Å². The average molecular weight is 436 g/mol. The smallest absolute Gasteiger partial charge is 0.110 e. The van der Waals surface area contributed by atoms with Crippen molar-refractivity contribution < 1.29 is 5.11 Å². The van der Waals surface area contributed by atoms with E-state index in [9.17, 15) is 0 Å². The molecule has 4 heteroatoms. The molecule has 0 aromatic heterocycles. The minimum Gasteiger partial charge on any atom is -0.355 e. The molecule has 0 amide bonds. The largest absolute Gasteiger partial charge is 0.355 e. The Bertz CT molecular complexity index is 146. The fraction of sp³-hybridized carbons (Fsp3) is 0. The summed E-state index contributed by atoms with van der Waals surface area (Å²) in [5, 5.41) is 8.83. The maximum absolute atomic E-state index is 8.83. The lowest BCUT2D eigenvalue weighted by Crippen LogP contribution is -1.79. The number of aliphatic hydroxyl groups excluding tert-OH is 1. The van der Waals surface area contributed by atoms with Crippen LogP contribution in [0.3, 0.4) is 0 Å². The van der Waals surface area contributed by atoms with Gasteiger partial charge in [0.25, 0.3) is 0 Å². The van der Waals surface area contributed by atoms with Gasteiger partial charge in [-0.3, -0.25) is 0 Å². The van der Waals surface area contributed by atoms with Crippen molar-refractivity contribution in [2.24, 2.45) is 0 Å². The second kappa shape index (κ2) is 3.72. The summed E-state index contributed by atoms with van der Waals surface area (Å²) in [6, 6.07) is 0. The monoisotopic (exact) mass is 436 g/mol. The molecule has 1 rings (SSSR count). The highest BCUT2D eigenvalue weighted by Crippen LogP contribution is 2.36. The Morgan fingerprint density at radius 1 is 1.57 bits per heavy atom. The molecule has 0 saturated carbocycles. The highest BCUT2D eigenvalue weighted by molar-refractivity contribution is 15.3. The summed E-state index contributed by atoms with van der Waals surface area (Å²) in [6.07, 6.45) is 1.91. The van der Waals surface area contributed by atoms with Gasteiger partial charge in [0.05, 0.1) is 0 Å². The number of rotatable bonds is 0. The van der Waals surface area contributed by atoms with Crippen LogP contribution in [0.2, 0.25) is 0 Å². The minimum atomic E-state index is 0.196. The van der Waals surface area contributed by atoms with Gasteiger partial charge in [-0.2, -0.15) is 0 Å². The van der Waals surface area contributed by atoms with E-state index in [2.05, 4.69) is 4.08 Å². The van der Waals surface area contributed by atoms with Gasteiger partial charge in [0.1, 0.15) is 3.69 Å². The second-order valence-corrected chi connectivity index (χ2v) is 25.7. The van der Waals surface area contributed by atoms with Gasteiger partial charge in [-0.1, -0.05) is 0 Å². The molecular weight excluding hydrogens is 433 g/mol. The summed E-state index contributed by atoms with van der Waals surface area (Å²) in [4.78, 5) is 0. The van der Waals surface area contributed by atoms with Crippen LogP contribution < -0.4 is 0 Å². The van der Waals surface area contributed by atoms with Gasteiger partial charge < -0.3 is 5.11 Å². The summed E-state index contributed by atoms with van der Waals surface area (Å²) in [5.74, 6) is 0. The predicted octanol–water partition coefficient (Wildman–Crippen LogP) is 2.76. The van der Waals surface area contributed by atoms with Crippen LogP contribution in [0.4, 0.5) is 0 Å². The van der Waals surface area contributed by atoms with Crippen LogP contribution in [0, 0.1) is 0 Å². The molecule has 0 bridgehead atoms. The molecule has 0 fully saturated rings. The van der Waals surface area contributed by atoms with Crippen LogP contribution in [0.5, 0.6) is 0 Å². The molecule has 0 aliphatic carbocycles. The zero-order valence-electron chi connectivity index (χ0n) is 3.24. The van der Waals surface area contributed by atoms with Crippen molar-refractivity contribution in [2.45, 2.75) is 0 Å². The maximum atomic E-state index is 8.83. The third-order valence-corrected chi connectivity index (χ3v) is 23.9. The first-order chi connectivity index (χ1) is 3.39. The Labute approximate surface area is 63.6 Å². The van der Waals surface area contributed by atoms with Crippen LogP contribution in [0.1, 0.15) is 0 Å². The van der Waals surface area contributed by atoms with Crippen LogP contribution in [0.15, 0.2) is 10.2 Å². The molecule has 1 aliphatic rings. The normalized spacial score (nSPS) is 20.4. The van der Waals surface area contributed by atoms with Crippen molar-refractivity contribution in [1.29, 1.82) is 0 Å². The van der Waals surface area contributed by atoms with E-state index in [1.807, 2.05) is 6.08 Å². The topological polar surface area (TPSA) is 20.2 Å². The Hall–Kier alpha value is 1.76. The molecule has 0 atom stereocenters. The average Bonchev–Trinajstić information content (AvgIpc) is 1.69. The third kappa shape index (κ3) is 2.70. The molecule has 0 spiro atoms. The number of aliphatic hydroxyl groups is 1. The lowest BCUT2D eigenvalue weighted by Gasteiger charge is -1.85. The molecule has 1 nitrogen and oxygen atoms in total. The summed E-state index contributed by atoms with van der Waals surface area (Å²) in [7, 11) is 0. The SMILES string of the molecule is OC1=II=IC=C1. The van der Waals surface area contributed by atoms with Crippen LogP contribution in [-0.2, 0) is 0 Å². The molecule has 0 radical (unpaired) electrons. The first-order valence-electron chi connectivity index (χ1n) is 1.54. The number of hydrogen-bond acceptors (Lipinski definition) is 1. The van der Waals surface area contributed by atoms with Gasteiger partial charge in [-0.25, -0.2) is 0 Å². The highest BCUT2D eigenvalue weighted by Gasteiger charge is 1.83. The first-order valence-corrected chi connectivity index (χ1v) is 16.4. The lowest BCUT2D eigenvalue weighted by molar-refractivity contribution is 0.576. The van der Waals surface area contributed by atoms with Gasteiger partial charge in [0.15, 0.2) is 0 Å². The molecule has 0 unspecified atom stereocenters. The Balaban J connectivity index is 2.82. The molecule has 1 N–H and O–H groups in total. The minimum absolute atomic E-state index is 0.196. The van der Waals surface area contributed by atoms with Crippen LogP contribution >= 0.6 is 46.0 Å². The van der Waals surface area contributed by atoms with E-state index in [1.54, 1.807) is 0 Å². The van der Waals surface area contributed by atoms with Crippen molar-refractivity contribution in [2.75, 3.05) is 0 Å². The molecule has 0 aromatic rings. The summed E-state index contributed by atoms with van der Waals surface area (Å²) < 4.78 is 2.91. The van der Waals surface area contributed by atoms with E-state index in [4.69, 9.17) is 5.11 Å². The standard InChI is InChI=1S/C3H3I3O/c7-3-1-2-4-6-5-3/h1-2,7H. The van der Waals surface area contributed by atoms with Crippen LogP contribution in [0.25, 0.3) is 0 Å². The molecule has 1 aliphatic heterocycles. The van der Waals surface area contributed by atoms with Crippen LogP contribution in [-0.4, -0.2) is 8.80 Å². The Morgan fingerprint density at radius 2 is 2.43 bits per heavy atom. The quantitative estimate of drug-likeness (QED) is 0.580. The predicted molar refractivity (Wildman–Crippen MR) is 58.1 cm³/mol. The van der Waals surface area contributed by atoms with Crippen molar-refractivity contribution in [3.8, 4) is 0 Å². The van der Waals surface area contributed by atoms with E-state index in [0.29, 0.717) is 29.2 Å². The number of hydrogen-bond donors (Lipinski definition) is 1. The fourth-order valence-corrected chi connectivity index (χ4v) is 21.9. The number of halogens is 3. The molecule has 0 aromatic carbocycles. The van der Waals surface area contributed by atoms with Crippen molar-refractivity contribution in [3.63, 3.8) is 0 Å². The fourth-order valence-electron chi connectivity index (χ4n) is 0.161. The molecule has 1 heterocycles. The van der Waals surface area contributed by atoms with Gasteiger partial charge >= 0.3 is 0 Å². The van der Waals surface area contributed by atoms with E-state index >= 15 is 0 Å². The summed E-state index contributed by atoms with van der Waals surface area (Å²) >= 11 is 1.20. The van der Waals surface area contributed by atoms with E-state index in [-0.39, 0.29) is 16.8 Å². The Morgan fingerprint density at radius 3 is 2.71 bits per heavy atom. The zero-order valence-corrected chi connectivity index (χ0v) is 9.71. The first kappa shape index (κ1) is 6.87. The summed E-state index contributed by atoms with van der Waals surface area (Å²) in [5.41, 5.74) is 0. The highest BCUT2D eigenvalue weighted by atomic mass is 128. The van der Waals surface area contributed by atoms with Crippen molar-refractivity contribution >= 4 is 49.7 Å². The zero-order chi connectivity index (χ0) is 5.11. The molecular formula is C3H3I3O. The van der Waals surface area contributed by atoms with Crippen molar-refractivity contribution in [3.05, 3.63) is 10.2 Å². The third-order valence-electron chi connectivity index (χ3n) is 0.379. The van der Waals surface area contributed by atoms with E-state index in [0.717, 1.165) is 3.69 Å². The molecule has 7 heavy (non-hydrogen) atoms. The Kier molecular flexibility index (Phi) is 3.66. The molecule has 42 valence electrons. The van der Waals surface area contributed by atoms with Gasteiger partial charge in [0.2, 0.25) is 0 Å². The molecule has 0 saturated heterocycles. The van der Waals surface area contributed by atoms with Crippen molar-refractivity contribution in [1.82, 2.24) is 0 Å². The van der Waals surface area contributed by atoms with E-state index < -0.39 is 0 Å². The maximum Gasteiger partial charge on any atom is 0.110 e. The van der Waals surface area contributed by atoms with E-state index in [1.165, 1.54) is 0 Å².